The number of hydrogen-bond acceptors (Lipinski definition) is 3. The number of carbonyl (C=O) groups excluding carboxylic acids is 1. The fourth-order valence-corrected chi connectivity index (χ4v) is 1.40. The van der Waals surface area contributed by atoms with Crippen LogP contribution >= 0.6 is 0 Å². The molecule has 1 amide bonds. The van der Waals surface area contributed by atoms with Crippen molar-refractivity contribution in [1.82, 2.24) is 4.90 Å². The Hall–Kier alpha value is -0.820. The predicted molar refractivity (Wildman–Crippen MR) is 43.9 cm³/mol. The minimum absolute atomic E-state index is 0.0488. The van der Waals surface area contributed by atoms with E-state index in [1.165, 1.54) is 0 Å². The monoisotopic (exact) mass is 227 g/mol. The summed E-state index contributed by atoms with van der Waals surface area (Å²) in [4.78, 5) is 12.0. The maximum atomic E-state index is 12.0. The SMILES string of the molecule is O=C([C@H](O)C(F)(F)F)N1CCC(O)CC1. The molecule has 0 aromatic heterocycles. The van der Waals surface area contributed by atoms with E-state index in [2.05, 4.69) is 0 Å². The first-order valence-corrected chi connectivity index (χ1v) is 4.54. The molecular formula is C8H12F3NO3. The maximum absolute atomic E-state index is 12.0. The summed E-state index contributed by atoms with van der Waals surface area (Å²) in [5.41, 5.74) is 0. The Morgan fingerprint density at radius 3 is 2.20 bits per heavy atom. The summed E-state index contributed by atoms with van der Waals surface area (Å²) in [6.07, 6.45) is -7.95. The summed E-state index contributed by atoms with van der Waals surface area (Å²) in [5, 5.41) is 17.8. The van der Waals surface area contributed by atoms with Crippen molar-refractivity contribution in [3.8, 4) is 0 Å². The molecule has 88 valence electrons. The molecule has 1 fully saturated rings. The molecule has 1 saturated heterocycles. The van der Waals surface area contributed by atoms with Crippen LogP contribution in [0.1, 0.15) is 12.8 Å². The second kappa shape index (κ2) is 4.36. The molecule has 0 aromatic carbocycles. The van der Waals surface area contributed by atoms with Gasteiger partial charge in [-0.2, -0.15) is 13.2 Å². The first-order valence-electron chi connectivity index (χ1n) is 4.54. The van der Waals surface area contributed by atoms with Gasteiger partial charge in [0.1, 0.15) is 0 Å². The van der Waals surface area contributed by atoms with E-state index >= 15 is 0 Å². The lowest BCUT2D eigenvalue weighted by molar-refractivity contribution is -0.211. The van der Waals surface area contributed by atoms with Gasteiger partial charge in [-0.1, -0.05) is 0 Å². The summed E-state index contributed by atoms with van der Waals surface area (Å²) in [7, 11) is 0. The molecule has 0 aliphatic carbocycles. The number of piperidine rings is 1. The number of carbonyl (C=O) groups is 1. The van der Waals surface area contributed by atoms with Crippen molar-refractivity contribution >= 4 is 5.91 Å². The lowest BCUT2D eigenvalue weighted by Crippen LogP contribution is -2.49. The molecule has 4 nitrogen and oxygen atoms in total. The van der Waals surface area contributed by atoms with E-state index in [0.29, 0.717) is 0 Å². The third-order valence-corrected chi connectivity index (χ3v) is 2.32. The van der Waals surface area contributed by atoms with Gasteiger partial charge in [-0.25, -0.2) is 0 Å². The minimum Gasteiger partial charge on any atom is -0.393 e. The van der Waals surface area contributed by atoms with Crippen molar-refractivity contribution in [1.29, 1.82) is 0 Å². The van der Waals surface area contributed by atoms with Crippen molar-refractivity contribution in [3.05, 3.63) is 0 Å². The van der Waals surface area contributed by atoms with Crippen molar-refractivity contribution < 1.29 is 28.2 Å². The maximum Gasteiger partial charge on any atom is 0.423 e. The topological polar surface area (TPSA) is 60.8 Å². The average molecular weight is 227 g/mol. The number of alkyl halides is 3. The van der Waals surface area contributed by atoms with E-state index in [0.717, 1.165) is 4.90 Å². The van der Waals surface area contributed by atoms with Crippen LogP contribution < -0.4 is 0 Å². The van der Waals surface area contributed by atoms with Crippen molar-refractivity contribution in [3.63, 3.8) is 0 Å². The minimum atomic E-state index is -4.92. The van der Waals surface area contributed by atoms with Gasteiger partial charge in [-0.15, -0.1) is 0 Å². The first-order chi connectivity index (χ1) is 6.82. The van der Waals surface area contributed by atoms with E-state index in [1.807, 2.05) is 0 Å². The number of aliphatic hydroxyl groups excluding tert-OH is 2. The largest absolute Gasteiger partial charge is 0.423 e. The van der Waals surface area contributed by atoms with Gasteiger partial charge < -0.3 is 15.1 Å². The van der Waals surface area contributed by atoms with Crippen LogP contribution in [0.2, 0.25) is 0 Å². The average Bonchev–Trinajstić information content (AvgIpc) is 2.15. The van der Waals surface area contributed by atoms with Gasteiger partial charge in [0.15, 0.2) is 0 Å². The molecule has 1 heterocycles. The highest BCUT2D eigenvalue weighted by molar-refractivity contribution is 5.81. The molecular weight excluding hydrogens is 215 g/mol. The zero-order valence-electron chi connectivity index (χ0n) is 7.87. The molecule has 2 N–H and O–H groups in total. The molecule has 1 aliphatic heterocycles. The first kappa shape index (κ1) is 12.3. The van der Waals surface area contributed by atoms with Crippen LogP contribution in [0.3, 0.4) is 0 Å². The zero-order chi connectivity index (χ0) is 11.6. The summed E-state index contributed by atoms with van der Waals surface area (Å²) < 4.78 is 36.0. The van der Waals surface area contributed by atoms with Crippen LogP contribution in [0, 0.1) is 0 Å². The van der Waals surface area contributed by atoms with Gasteiger partial charge in [-0.05, 0) is 12.8 Å². The molecule has 0 radical (unpaired) electrons. The molecule has 15 heavy (non-hydrogen) atoms. The van der Waals surface area contributed by atoms with Crippen molar-refractivity contribution in [2.75, 3.05) is 13.1 Å². The predicted octanol–water partition coefficient (Wildman–Crippen LogP) is -0.107. The molecule has 0 saturated carbocycles. The number of rotatable bonds is 1. The normalized spacial score (nSPS) is 21.5. The molecule has 0 unspecified atom stereocenters. The highest BCUT2D eigenvalue weighted by Gasteiger charge is 2.45. The van der Waals surface area contributed by atoms with Crippen molar-refractivity contribution in [2.24, 2.45) is 0 Å². The van der Waals surface area contributed by atoms with Crippen LogP contribution in [-0.4, -0.2) is 52.5 Å². The lowest BCUT2D eigenvalue weighted by atomic mass is 10.1. The molecule has 0 aromatic rings. The highest BCUT2D eigenvalue weighted by Crippen LogP contribution is 2.22. The third kappa shape index (κ3) is 3.07. The summed E-state index contributed by atoms with van der Waals surface area (Å²) in [5.74, 6) is -1.34. The van der Waals surface area contributed by atoms with Gasteiger partial charge in [0.25, 0.3) is 5.91 Å². The summed E-state index contributed by atoms with van der Waals surface area (Å²) >= 11 is 0. The fourth-order valence-electron chi connectivity index (χ4n) is 1.40. The van der Waals surface area contributed by atoms with E-state index < -0.39 is 24.3 Å². The summed E-state index contributed by atoms with van der Waals surface area (Å²) in [6, 6.07) is 0. The second-order valence-corrected chi connectivity index (χ2v) is 3.50. The summed E-state index contributed by atoms with van der Waals surface area (Å²) in [6.45, 7) is 0.0975. The van der Waals surface area contributed by atoms with E-state index in [1.54, 1.807) is 0 Å². The molecule has 1 atom stereocenters. The molecule has 7 heteroatoms. The Morgan fingerprint density at radius 1 is 1.33 bits per heavy atom. The van der Waals surface area contributed by atoms with Crippen LogP contribution in [0.4, 0.5) is 13.2 Å². The molecule has 0 spiro atoms. The fraction of sp³-hybridized carbons (Fsp3) is 0.875. The number of halogens is 3. The smallest absolute Gasteiger partial charge is 0.393 e. The van der Waals surface area contributed by atoms with Crippen LogP contribution in [0.25, 0.3) is 0 Å². The zero-order valence-corrected chi connectivity index (χ0v) is 7.87. The van der Waals surface area contributed by atoms with E-state index in [-0.39, 0.29) is 25.9 Å². The van der Waals surface area contributed by atoms with Gasteiger partial charge in [0.05, 0.1) is 6.10 Å². The Kier molecular flexibility index (Phi) is 3.56. The van der Waals surface area contributed by atoms with Gasteiger partial charge in [0.2, 0.25) is 6.10 Å². The second-order valence-electron chi connectivity index (χ2n) is 3.50. The van der Waals surface area contributed by atoms with E-state index in [4.69, 9.17) is 10.2 Å². The Bertz CT molecular complexity index is 236. The Labute approximate surface area is 84.3 Å². The lowest BCUT2D eigenvalue weighted by Gasteiger charge is -2.31. The Balaban J connectivity index is 2.54. The van der Waals surface area contributed by atoms with Crippen LogP contribution in [-0.2, 0) is 4.79 Å². The highest BCUT2D eigenvalue weighted by atomic mass is 19.4. The third-order valence-electron chi connectivity index (χ3n) is 2.32. The van der Waals surface area contributed by atoms with Crippen molar-refractivity contribution in [2.45, 2.75) is 31.2 Å². The molecule has 1 rings (SSSR count). The van der Waals surface area contributed by atoms with Gasteiger partial charge >= 0.3 is 6.18 Å². The number of amides is 1. The number of aliphatic hydroxyl groups is 2. The molecule has 1 aliphatic rings. The van der Waals surface area contributed by atoms with Crippen LogP contribution in [0.5, 0.6) is 0 Å². The van der Waals surface area contributed by atoms with Gasteiger partial charge in [-0.3, -0.25) is 4.79 Å². The standard InChI is InChI=1S/C8H12F3NO3/c9-8(10,11)6(14)7(15)12-3-1-5(13)2-4-12/h5-6,13-14H,1-4H2/t6-/m0/s1. The number of hydrogen-bond donors (Lipinski definition) is 2. The quantitative estimate of drug-likeness (QED) is 0.657. The molecule has 0 bridgehead atoms. The Morgan fingerprint density at radius 2 is 1.80 bits per heavy atom. The number of likely N-dealkylation sites (tertiary alicyclic amines) is 1. The van der Waals surface area contributed by atoms with Crippen LogP contribution in [0.15, 0.2) is 0 Å². The van der Waals surface area contributed by atoms with Gasteiger partial charge in [0, 0.05) is 13.1 Å². The van der Waals surface area contributed by atoms with E-state index in [9.17, 15) is 18.0 Å². The number of nitrogens with zero attached hydrogens (tertiary/aromatic N) is 1.